The molecular weight excluding hydrogens is 332 g/mol. The summed E-state index contributed by atoms with van der Waals surface area (Å²) in [6.45, 7) is 1.78. The first kappa shape index (κ1) is 17.2. The van der Waals surface area contributed by atoms with Gasteiger partial charge in [-0.3, -0.25) is 9.59 Å². The molecule has 0 fully saturated rings. The summed E-state index contributed by atoms with van der Waals surface area (Å²) in [5, 5.41) is 8.61. The van der Waals surface area contributed by atoms with Crippen LogP contribution in [0.25, 0.3) is 0 Å². The molecule has 26 heavy (non-hydrogen) atoms. The minimum atomic E-state index is -0.229. The Morgan fingerprint density at radius 2 is 1.92 bits per heavy atom. The Balaban J connectivity index is 1.60. The highest BCUT2D eigenvalue weighted by atomic mass is 16.3. The number of carbonyl (C=O) groups excluding carboxylic acids is 2. The van der Waals surface area contributed by atoms with Gasteiger partial charge in [0.25, 0.3) is 5.91 Å². The quantitative estimate of drug-likeness (QED) is 0.634. The maximum Gasteiger partial charge on any atom is 0.253 e. The van der Waals surface area contributed by atoms with E-state index in [-0.39, 0.29) is 11.8 Å². The van der Waals surface area contributed by atoms with Gasteiger partial charge in [0.2, 0.25) is 5.91 Å². The number of hydrogen-bond donors (Lipinski definition) is 3. The van der Waals surface area contributed by atoms with Crippen LogP contribution in [0.5, 0.6) is 0 Å². The lowest BCUT2D eigenvalue weighted by Crippen LogP contribution is -2.22. The molecule has 7 heteroatoms. The van der Waals surface area contributed by atoms with Gasteiger partial charge in [-0.25, -0.2) is 4.98 Å². The number of aromatic nitrogens is 1. The van der Waals surface area contributed by atoms with E-state index in [2.05, 4.69) is 20.9 Å². The van der Waals surface area contributed by atoms with E-state index in [0.717, 1.165) is 5.69 Å². The van der Waals surface area contributed by atoms with Gasteiger partial charge in [-0.15, -0.1) is 0 Å². The molecule has 0 atom stereocenters. The van der Waals surface area contributed by atoms with Gasteiger partial charge in [-0.05, 0) is 42.5 Å². The molecule has 0 aliphatic carbocycles. The smallest absolute Gasteiger partial charge is 0.253 e. The lowest BCUT2D eigenvalue weighted by atomic mass is 10.2. The van der Waals surface area contributed by atoms with Crippen molar-refractivity contribution in [3.63, 3.8) is 0 Å². The topological polar surface area (TPSA) is 96.3 Å². The van der Waals surface area contributed by atoms with Gasteiger partial charge in [0, 0.05) is 24.5 Å². The molecule has 0 aliphatic heterocycles. The molecule has 0 aliphatic rings. The van der Waals surface area contributed by atoms with Crippen molar-refractivity contribution in [2.45, 2.75) is 13.5 Å². The van der Waals surface area contributed by atoms with Crippen LogP contribution in [0.3, 0.4) is 0 Å². The lowest BCUT2D eigenvalue weighted by molar-refractivity contribution is -0.114. The average molecular weight is 350 g/mol. The maximum atomic E-state index is 12.1. The van der Waals surface area contributed by atoms with E-state index in [1.165, 1.54) is 13.1 Å². The molecule has 0 radical (unpaired) electrons. The highest BCUT2D eigenvalue weighted by molar-refractivity contribution is 5.94. The first-order valence-electron chi connectivity index (χ1n) is 8.01. The van der Waals surface area contributed by atoms with Crippen molar-refractivity contribution < 1.29 is 14.0 Å². The van der Waals surface area contributed by atoms with E-state index in [1.54, 1.807) is 42.7 Å². The number of nitrogens with zero attached hydrogens (tertiary/aromatic N) is 1. The van der Waals surface area contributed by atoms with Crippen LogP contribution in [0, 0.1) is 0 Å². The fraction of sp³-hybridized carbons (Fsp3) is 0.105. The Morgan fingerprint density at radius 1 is 1.08 bits per heavy atom. The monoisotopic (exact) mass is 350 g/mol. The zero-order chi connectivity index (χ0) is 18.4. The minimum absolute atomic E-state index is 0.134. The van der Waals surface area contributed by atoms with Crippen molar-refractivity contribution >= 4 is 29.0 Å². The van der Waals surface area contributed by atoms with Gasteiger partial charge in [-0.1, -0.05) is 6.07 Å². The minimum Gasteiger partial charge on any atom is -0.467 e. The van der Waals surface area contributed by atoms with Crippen LogP contribution < -0.4 is 16.0 Å². The van der Waals surface area contributed by atoms with E-state index in [0.29, 0.717) is 29.4 Å². The predicted molar refractivity (Wildman–Crippen MR) is 98.1 cm³/mol. The van der Waals surface area contributed by atoms with E-state index in [4.69, 9.17) is 4.42 Å². The van der Waals surface area contributed by atoms with Gasteiger partial charge < -0.3 is 20.4 Å². The second kappa shape index (κ2) is 7.98. The molecule has 2 aromatic heterocycles. The van der Waals surface area contributed by atoms with Crippen LogP contribution in [0.15, 0.2) is 65.4 Å². The third kappa shape index (κ3) is 4.70. The number of benzene rings is 1. The number of hydrogen-bond acceptors (Lipinski definition) is 5. The Labute approximate surface area is 150 Å². The van der Waals surface area contributed by atoms with Crippen LogP contribution >= 0.6 is 0 Å². The molecule has 2 heterocycles. The third-order valence-electron chi connectivity index (χ3n) is 3.48. The summed E-state index contributed by atoms with van der Waals surface area (Å²) in [4.78, 5) is 27.5. The van der Waals surface area contributed by atoms with E-state index in [1.807, 2.05) is 12.1 Å². The normalized spacial score (nSPS) is 10.2. The van der Waals surface area contributed by atoms with Crippen LogP contribution in [-0.4, -0.2) is 16.8 Å². The fourth-order valence-electron chi connectivity index (χ4n) is 2.31. The van der Waals surface area contributed by atoms with E-state index >= 15 is 0 Å². The molecule has 0 saturated heterocycles. The van der Waals surface area contributed by atoms with Gasteiger partial charge in [-0.2, -0.15) is 0 Å². The summed E-state index contributed by atoms with van der Waals surface area (Å²) in [6.07, 6.45) is 3.06. The molecular formula is C19H18N4O3. The van der Waals surface area contributed by atoms with Crippen molar-refractivity contribution in [3.8, 4) is 0 Å². The number of nitrogens with one attached hydrogen (secondary N) is 3. The second-order valence-corrected chi connectivity index (χ2v) is 5.58. The summed E-state index contributed by atoms with van der Waals surface area (Å²) >= 11 is 0. The van der Waals surface area contributed by atoms with Crippen LogP contribution in [0.4, 0.5) is 17.2 Å². The summed E-state index contributed by atoms with van der Waals surface area (Å²) < 4.78 is 5.17. The summed E-state index contributed by atoms with van der Waals surface area (Å²) in [5.74, 6) is 0.912. The molecule has 0 unspecified atom stereocenters. The molecule has 132 valence electrons. The number of pyridine rings is 1. The largest absolute Gasteiger partial charge is 0.467 e. The van der Waals surface area contributed by atoms with Crippen molar-refractivity contribution in [2.24, 2.45) is 0 Å². The summed E-state index contributed by atoms with van der Waals surface area (Å²) in [6, 6.07) is 14.2. The number of rotatable bonds is 6. The highest BCUT2D eigenvalue weighted by Crippen LogP contribution is 2.19. The van der Waals surface area contributed by atoms with Crippen molar-refractivity contribution in [1.29, 1.82) is 0 Å². The fourth-order valence-corrected chi connectivity index (χ4v) is 2.31. The molecule has 7 nitrogen and oxygen atoms in total. The second-order valence-electron chi connectivity index (χ2n) is 5.58. The molecule has 0 bridgehead atoms. The Bertz CT molecular complexity index is 889. The Morgan fingerprint density at radius 3 is 2.62 bits per heavy atom. The lowest BCUT2D eigenvalue weighted by Gasteiger charge is -2.09. The molecule has 0 saturated carbocycles. The molecule has 0 spiro atoms. The number of anilines is 3. The van der Waals surface area contributed by atoms with Crippen molar-refractivity contribution in [2.75, 3.05) is 10.6 Å². The molecule has 1 aromatic carbocycles. The van der Waals surface area contributed by atoms with Gasteiger partial charge in [0.1, 0.15) is 11.6 Å². The average Bonchev–Trinajstić information content (AvgIpc) is 3.14. The van der Waals surface area contributed by atoms with E-state index < -0.39 is 0 Å². The standard InChI is InChI=1S/C19H18N4O3/c1-13(24)22-15-4-2-5-16(10-15)23-18-8-7-14(11-20-18)19(25)21-12-17-6-3-9-26-17/h2-11H,12H2,1H3,(H,20,23)(H,21,25)(H,22,24). The molecule has 3 N–H and O–H groups in total. The zero-order valence-electron chi connectivity index (χ0n) is 14.2. The molecule has 3 aromatic rings. The van der Waals surface area contributed by atoms with E-state index in [9.17, 15) is 9.59 Å². The number of amides is 2. The van der Waals surface area contributed by atoms with Gasteiger partial charge in [0.05, 0.1) is 18.4 Å². The van der Waals surface area contributed by atoms with Gasteiger partial charge in [0.15, 0.2) is 0 Å². The maximum absolute atomic E-state index is 12.1. The predicted octanol–water partition coefficient (Wildman–Crippen LogP) is 3.31. The highest BCUT2D eigenvalue weighted by Gasteiger charge is 2.07. The number of carbonyl (C=O) groups is 2. The summed E-state index contributed by atoms with van der Waals surface area (Å²) in [5.41, 5.74) is 1.92. The first-order valence-corrected chi connectivity index (χ1v) is 8.01. The zero-order valence-corrected chi connectivity index (χ0v) is 14.2. The van der Waals surface area contributed by atoms with Crippen LogP contribution in [-0.2, 0) is 11.3 Å². The Kier molecular flexibility index (Phi) is 5.28. The van der Waals surface area contributed by atoms with Crippen molar-refractivity contribution in [3.05, 3.63) is 72.3 Å². The van der Waals surface area contributed by atoms with Gasteiger partial charge >= 0.3 is 0 Å². The van der Waals surface area contributed by atoms with Crippen molar-refractivity contribution in [1.82, 2.24) is 10.3 Å². The summed E-state index contributed by atoms with van der Waals surface area (Å²) in [7, 11) is 0. The first-order chi connectivity index (χ1) is 12.6. The third-order valence-corrected chi connectivity index (χ3v) is 3.48. The van der Waals surface area contributed by atoms with Crippen LogP contribution in [0.2, 0.25) is 0 Å². The number of furan rings is 1. The molecule has 3 rings (SSSR count). The molecule has 2 amide bonds. The van der Waals surface area contributed by atoms with Crippen LogP contribution in [0.1, 0.15) is 23.0 Å². The Hall–Kier alpha value is -3.61. The SMILES string of the molecule is CC(=O)Nc1cccc(Nc2ccc(C(=O)NCc3ccco3)cn2)c1.